The largest absolute Gasteiger partial charge is 3.00 e. The number of carbonyl (C=O) groups is 3. The van der Waals surface area contributed by atoms with Crippen molar-refractivity contribution >= 4 is 17.9 Å². The van der Waals surface area contributed by atoms with Crippen molar-refractivity contribution < 1.29 is 46.5 Å². The SMILES string of the molecule is CC(=O)[O-].CC(=O)[O-].CC(=O)[O-].CCCCCC.[Co+3]. The van der Waals surface area contributed by atoms with Gasteiger partial charge in [0.25, 0.3) is 0 Å². The Hall–Kier alpha value is -1.08. The second-order valence-electron chi connectivity index (χ2n) is 3.18. The molecule has 0 unspecified atom stereocenters. The van der Waals surface area contributed by atoms with Crippen molar-refractivity contribution in [2.75, 3.05) is 0 Å². The summed E-state index contributed by atoms with van der Waals surface area (Å²) in [7, 11) is 0. The van der Waals surface area contributed by atoms with E-state index in [1.165, 1.54) is 25.7 Å². The van der Waals surface area contributed by atoms with E-state index in [9.17, 15) is 0 Å². The van der Waals surface area contributed by atoms with Crippen molar-refractivity contribution in [2.24, 2.45) is 0 Å². The smallest absolute Gasteiger partial charge is 0.550 e. The van der Waals surface area contributed by atoms with E-state index in [1.54, 1.807) is 0 Å². The molecule has 0 aromatic rings. The summed E-state index contributed by atoms with van der Waals surface area (Å²) in [4.78, 5) is 26.7. The van der Waals surface area contributed by atoms with Crippen molar-refractivity contribution in [1.82, 2.24) is 0 Å². The second kappa shape index (κ2) is 30.2. The van der Waals surface area contributed by atoms with E-state index in [0.717, 1.165) is 20.8 Å². The Morgan fingerprint density at radius 1 is 0.684 bits per heavy atom. The molecule has 0 aromatic heterocycles. The Balaban J connectivity index is -0.0000000459. The predicted octanol–water partition coefficient (Wildman–Crippen LogP) is -1.15. The summed E-state index contributed by atoms with van der Waals surface area (Å²) in [5.41, 5.74) is 0. The topological polar surface area (TPSA) is 120 Å². The van der Waals surface area contributed by atoms with Crippen molar-refractivity contribution in [3.63, 3.8) is 0 Å². The third-order valence-electron chi connectivity index (χ3n) is 0.957. The Bertz CT molecular complexity index is 162. The molecule has 0 aliphatic heterocycles. The second-order valence-corrected chi connectivity index (χ2v) is 3.18. The summed E-state index contributed by atoms with van der Waals surface area (Å²) in [5, 5.41) is 26.7. The third-order valence-corrected chi connectivity index (χ3v) is 0.957. The van der Waals surface area contributed by atoms with Crippen molar-refractivity contribution in [2.45, 2.75) is 60.3 Å². The number of carbonyl (C=O) groups excluding carboxylic acids is 3. The van der Waals surface area contributed by atoms with Gasteiger partial charge in [0.05, 0.1) is 0 Å². The molecule has 0 aromatic carbocycles. The first kappa shape index (κ1) is 30.7. The number of hydrogen-bond donors (Lipinski definition) is 0. The molecule has 0 aliphatic carbocycles. The summed E-state index contributed by atoms with van der Waals surface area (Å²) in [6, 6.07) is 0. The average Bonchev–Trinajstić information content (AvgIpc) is 2.11. The molecule has 0 atom stereocenters. The first-order chi connectivity index (χ1) is 8.11. The molecule has 7 heteroatoms. The summed E-state index contributed by atoms with van der Waals surface area (Å²) in [6.45, 7) is 7.38. The van der Waals surface area contributed by atoms with E-state index in [-0.39, 0.29) is 16.8 Å². The molecule has 0 spiro atoms. The molecule has 6 nitrogen and oxygen atoms in total. The van der Waals surface area contributed by atoms with Gasteiger partial charge in [-0.05, 0) is 20.8 Å². The molecule has 0 aliphatic rings. The maximum absolute atomic E-state index is 8.89. The van der Waals surface area contributed by atoms with Gasteiger partial charge in [0.1, 0.15) is 0 Å². The molecule has 0 radical (unpaired) electrons. The fourth-order valence-electron chi connectivity index (χ4n) is 0.500. The van der Waals surface area contributed by atoms with Crippen LogP contribution in [0.5, 0.6) is 0 Å². The van der Waals surface area contributed by atoms with Crippen LogP contribution in [-0.4, -0.2) is 17.9 Å². The maximum Gasteiger partial charge on any atom is 3.00 e. The van der Waals surface area contributed by atoms with Gasteiger partial charge in [0.15, 0.2) is 0 Å². The summed E-state index contributed by atoms with van der Waals surface area (Å²) >= 11 is 0. The zero-order valence-corrected chi connectivity index (χ0v) is 13.2. The third kappa shape index (κ3) is 1020. The molecule has 0 N–H and O–H groups in total. The predicted molar refractivity (Wildman–Crippen MR) is 61.9 cm³/mol. The monoisotopic (exact) mass is 322 g/mol. The van der Waals surface area contributed by atoms with Crippen LogP contribution in [0.2, 0.25) is 0 Å². The van der Waals surface area contributed by atoms with Crippen LogP contribution in [0.25, 0.3) is 0 Å². The van der Waals surface area contributed by atoms with Crippen molar-refractivity contribution in [3.05, 3.63) is 0 Å². The molecule has 0 fully saturated rings. The minimum Gasteiger partial charge on any atom is -0.550 e. The molecule has 19 heavy (non-hydrogen) atoms. The molecule has 116 valence electrons. The number of rotatable bonds is 3. The number of aliphatic carboxylic acids is 3. The van der Waals surface area contributed by atoms with Crippen LogP contribution in [0.1, 0.15) is 60.3 Å². The summed E-state index contributed by atoms with van der Waals surface area (Å²) < 4.78 is 0. The van der Waals surface area contributed by atoms with Gasteiger partial charge in [-0.3, -0.25) is 0 Å². The van der Waals surface area contributed by atoms with Gasteiger partial charge in [-0.15, -0.1) is 0 Å². The van der Waals surface area contributed by atoms with Gasteiger partial charge < -0.3 is 29.7 Å². The number of hydrogen-bond acceptors (Lipinski definition) is 6. The van der Waals surface area contributed by atoms with Gasteiger partial charge in [-0.25, -0.2) is 0 Å². The zero-order valence-electron chi connectivity index (χ0n) is 12.1. The van der Waals surface area contributed by atoms with E-state index in [1.807, 2.05) is 0 Å². The zero-order chi connectivity index (χ0) is 15.6. The van der Waals surface area contributed by atoms with Crippen LogP contribution in [0.3, 0.4) is 0 Å². The van der Waals surface area contributed by atoms with E-state index in [0.29, 0.717) is 0 Å². The first-order valence-electron chi connectivity index (χ1n) is 5.64. The summed E-state index contributed by atoms with van der Waals surface area (Å²) in [6.07, 6.45) is 5.54. The van der Waals surface area contributed by atoms with E-state index in [4.69, 9.17) is 29.7 Å². The normalized spacial score (nSPS) is 6.79. The standard InChI is InChI=1S/C6H14.3C2H4O2.Co/c1-3-5-6-4-2;3*1-2(3)4;/h3-6H2,1-2H3;3*1H3,(H,3,4);/q;;;;+3/p-3. The van der Waals surface area contributed by atoms with Gasteiger partial charge in [0.2, 0.25) is 0 Å². The van der Waals surface area contributed by atoms with Crippen molar-refractivity contribution in [3.8, 4) is 0 Å². The molecular formula is C12H23CoO6. The van der Waals surface area contributed by atoms with Crippen LogP contribution in [0.15, 0.2) is 0 Å². The Morgan fingerprint density at radius 2 is 0.789 bits per heavy atom. The summed E-state index contributed by atoms with van der Waals surface area (Å²) in [5.74, 6) is -3.25. The fraction of sp³-hybridized carbons (Fsp3) is 0.750. The number of carboxylic acids is 3. The molecule has 0 amide bonds. The number of carboxylic acid groups (broad SMARTS) is 3. The molecular weight excluding hydrogens is 299 g/mol. The van der Waals surface area contributed by atoms with Gasteiger partial charge >= 0.3 is 16.8 Å². The molecule has 0 bridgehead atoms. The van der Waals surface area contributed by atoms with E-state index < -0.39 is 17.9 Å². The van der Waals surface area contributed by atoms with E-state index in [2.05, 4.69) is 13.8 Å². The van der Waals surface area contributed by atoms with Crippen LogP contribution in [-0.2, 0) is 31.2 Å². The Labute approximate surface area is 125 Å². The molecule has 0 rings (SSSR count). The van der Waals surface area contributed by atoms with Crippen LogP contribution >= 0.6 is 0 Å². The van der Waals surface area contributed by atoms with E-state index >= 15 is 0 Å². The van der Waals surface area contributed by atoms with Gasteiger partial charge in [-0.2, -0.15) is 0 Å². The van der Waals surface area contributed by atoms with Crippen LogP contribution < -0.4 is 15.3 Å². The molecule has 0 heterocycles. The molecule has 0 saturated carbocycles. The van der Waals surface area contributed by atoms with Crippen molar-refractivity contribution in [1.29, 1.82) is 0 Å². The van der Waals surface area contributed by atoms with Crippen LogP contribution in [0, 0.1) is 0 Å². The minimum atomic E-state index is -1.08. The Kier molecular flexibility index (Phi) is 48.8. The maximum atomic E-state index is 8.89. The quantitative estimate of drug-likeness (QED) is 0.605. The minimum absolute atomic E-state index is 0. The average molecular weight is 322 g/mol. The fourth-order valence-corrected chi connectivity index (χ4v) is 0.500. The van der Waals surface area contributed by atoms with Crippen LogP contribution in [0.4, 0.5) is 0 Å². The molecule has 0 saturated heterocycles. The van der Waals surface area contributed by atoms with Gasteiger partial charge in [-0.1, -0.05) is 39.5 Å². The first-order valence-corrected chi connectivity index (χ1v) is 5.64. The van der Waals surface area contributed by atoms with Gasteiger partial charge in [0, 0.05) is 17.9 Å². The Morgan fingerprint density at radius 3 is 0.842 bits per heavy atom. The number of unbranched alkanes of at least 4 members (excludes halogenated alkanes) is 3.